The largest absolute Gasteiger partial charge is 0.374 e. The van der Waals surface area contributed by atoms with Gasteiger partial charge in [0.15, 0.2) is 0 Å². The number of pyridine rings is 1. The van der Waals surface area contributed by atoms with E-state index in [-0.39, 0.29) is 0 Å². The van der Waals surface area contributed by atoms with E-state index in [2.05, 4.69) is 83.7 Å². The van der Waals surface area contributed by atoms with Crippen molar-refractivity contribution in [2.45, 2.75) is 44.7 Å². The van der Waals surface area contributed by atoms with Gasteiger partial charge in [0.25, 0.3) is 0 Å². The summed E-state index contributed by atoms with van der Waals surface area (Å²) in [6, 6.07) is 22.7. The second-order valence-electron chi connectivity index (χ2n) is 8.87. The van der Waals surface area contributed by atoms with Gasteiger partial charge in [-0.1, -0.05) is 48.5 Å². The lowest BCUT2D eigenvalue weighted by Crippen LogP contribution is -2.26. The van der Waals surface area contributed by atoms with Crippen molar-refractivity contribution < 1.29 is 0 Å². The van der Waals surface area contributed by atoms with Crippen molar-refractivity contribution in [3.63, 3.8) is 0 Å². The maximum atomic E-state index is 4.88. The molecule has 2 aromatic carbocycles. The number of fused-ring (bicyclic) bond motifs is 1. The van der Waals surface area contributed by atoms with Crippen LogP contribution in [0.5, 0.6) is 0 Å². The van der Waals surface area contributed by atoms with E-state index < -0.39 is 0 Å². The first-order valence-electron chi connectivity index (χ1n) is 11.3. The molecule has 3 nitrogen and oxygen atoms in total. The Morgan fingerprint density at radius 3 is 2.60 bits per heavy atom. The van der Waals surface area contributed by atoms with Crippen LogP contribution in [0.15, 0.2) is 66.9 Å². The van der Waals surface area contributed by atoms with Gasteiger partial charge in [0.1, 0.15) is 0 Å². The van der Waals surface area contributed by atoms with Crippen molar-refractivity contribution in [1.29, 1.82) is 0 Å². The van der Waals surface area contributed by atoms with Gasteiger partial charge in [-0.05, 0) is 73.0 Å². The summed E-state index contributed by atoms with van der Waals surface area (Å²) in [4.78, 5) is 9.89. The fourth-order valence-electron chi connectivity index (χ4n) is 5.09. The molecule has 0 saturated carbocycles. The Morgan fingerprint density at radius 1 is 0.900 bits per heavy atom. The Kier molecular flexibility index (Phi) is 5.54. The second-order valence-corrected chi connectivity index (χ2v) is 8.87. The van der Waals surface area contributed by atoms with E-state index in [1.165, 1.54) is 65.9 Å². The van der Waals surface area contributed by atoms with Gasteiger partial charge >= 0.3 is 0 Å². The molecule has 0 spiro atoms. The quantitative estimate of drug-likeness (QED) is 0.575. The summed E-state index contributed by atoms with van der Waals surface area (Å²) in [6.45, 7) is 3.36. The Morgan fingerprint density at radius 2 is 1.77 bits per heavy atom. The molecule has 2 aliphatic heterocycles. The van der Waals surface area contributed by atoms with E-state index in [0.717, 1.165) is 19.5 Å². The van der Waals surface area contributed by atoms with E-state index in [1.54, 1.807) is 0 Å². The number of aromatic nitrogens is 1. The molecule has 1 fully saturated rings. The van der Waals surface area contributed by atoms with Gasteiger partial charge in [0.05, 0.1) is 11.7 Å². The van der Waals surface area contributed by atoms with Crippen LogP contribution in [0.25, 0.3) is 0 Å². The van der Waals surface area contributed by atoms with Gasteiger partial charge in [-0.25, -0.2) is 0 Å². The van der Waals surface area contributed by atoms with E-state index >= 15 is 0 Å². The minimum Gasteiger partial charge on any atom is -0.374 e. The fourth-order valence-corrected chi connectivity index (χ4v) is 5.09. The van der Waals surface area contributed by atoms with Crippen LogP contribution in [-0.2, 0) is 19.4 Å². The number of rotatable bonds is 5. The first kappa shape index (κ1) is 19.3. The first-order valence-corrected chi connectivity index (χ1v) is 11.3. The molecule has 1 saturated heterocycles. The van der Waals surface area contributed by atoms with Gasteiger partial charge in [0, 0.05) is 32.0 Å². The first-order chi connectivity index (χ1) is 14.8. The van der Waals surface area contributed by atoms with Crippen LogP contribution in [0.1, 0.15) is 53.3 Å². The maximum Gasteiger partial charge on any atom is 0.0575 e. The molecule has 30 heavy (non-hydrogen) atoms. The van der Waals surface area contributed by atoms with Crippen LogP contribution in [0.4, 0.5) is 5.69 Å². The highest BCUT2D eigenvalue weighted by atomic mass is 15.2. The van der Waals surface area contributed by atoms with Gasteiger partial charge in [-0.2, -0.15) is 0 Å². The van der Waals surface area contributed by atoms with Crippen molar-refractivity contribution in [3.8, 4) is 0 Å². The summed E-state index contributed by atoms with van der Waals surface area (Å²) in [6.07, 6.45) is 7.96. The zero-order valence-electron chi connectivity index (χ0n) is 17.9. The predicted octanol–water partition coefficient (Wildman–Crippen LogP) is 5.39. The van der Waals surface area contributed by atoms with E-state index in [1.807, 2.05) is 0 Å². The average Bonchev–Trinajstić information content (AvgIpc) is 3.23. The van der Waals surface area contributed by atoms with Gasteiger partial charge in [-0.15, -0.1) is 0 Å². The normalized spacial score (nSPS) is 19.1. The molecule has 3 heterocycles. The highest BCUT2D eigenvalue weighted by Crippen LogP contribution is 2.33. The summed E-state index contributed by atoms with van der Waals surface area (Å²) in [5.74, 6) is 0. The second kappa shape index (κ2) is 8.61. The Labute approximate surface area is 180 Å². The molecule has 154 valence electrons. The third-order valence-electron chi connectivity index (χ3n) is 6.68. The highest BCUT2D eigenvalue weighted by molar-refractivity contribution is 5.56. The highest BCUT2D eigenvalue weighted by Gasteiger charge is 2.27. The van der Waals surface area contributed by atoms with Crippen LogP contribution in [-0.4, -0.2) is 30.0 Å². The summed E-state index contributed by atoms with van der Waals surface area (Å²) in [5, 5.41) is 0. The molecule has 3 aromatic rings. The topological polar surface area (TPSA) is 19.4 Å². The molecule has 5 rings (SSSR count). The van der Waals surface area contributed by atoms with Crippen molar-refractivity contribution >= 4 is 5.69 Å². The number of likely N-dealkylation sites (tertiary alicyclic amines) is 1. The summed E-state index contributed by atoms with van der Waals surface area (Å²) < 4.78 is 0. The van der Waals surface area contributed by atoms with E-state index in [9.17, 15) is 0 Å². The number of anilines is 1. The number of benzene rings is 2. The molecule has 0 unspecified atom stereocenters. The zero-order chi connectivity index (χ0) is 20.3. The Hall–Kier alpha value is -2.65. The third kappa shape index (κ3) is 4.13. The molecular formula is C27H31N3. The molecule has 0 amide bonds. The Balaban J connectivity index is 1.28. The van der Waals surface area contributed by atoms with Crippen molar-refractivity contribution in [2.24, 2.45) is 0 Å². The minimum absolute atomic E-state index is 0.439. The monoisotopic (exact) mass is 397 g/mol. The predicted molar refractivity (Wildman–Crippen MR) is 124 cm³/mol. The fraction of sp³-hybridized carbons (Fsp3) is 0.370. The molecule has 0 N–H and O–H groups in total. The number of aryl methyl sites for hydroxylation is 1. The molecule has 2 aliphatic rings. The maximum absolute atomic E-state index is 4.88. The smallest absolute Gasteiger partial charge is 0.0575 e. The molecular weight excluding hydrogens is 366 g/mol. The number of hydrogen-bond donors (Lipinski definition) is 0. The Bertz CT molecular complexity index is 981. The molecule has 0 radical (unpaired) electrons. The number of hydrogen-bond acceptors (Lipinski definition) is 3. The summed E-state index contributed by atoms with van der Waals surface area (Å²) >= 11 is 0. The van der Waals surface area contributed by atoms with Gasteiger partial charge < -0.3 is 4.90 Å². The number of nitrogens with zero attached hydrogens (tertiary/aromatic N) is 3. The lowest BCUT2D eigenvalue weighted by molar-refractivity contribution is 0.244. The summed E-state index contributed by atoms with van der Waals surface area (Å²) in [7, 11) is 2.21. The summed E-state index contributed by atoms with van der Waals surface area (Å²) in [5.41, 5.74) is 8.22. The van der Waals surface area contributed by atoms with Gasteiger partial charge in [-0.3, -0.25) is 9.88 Å². The lowest BCUT2D eigenvalue weighted by Gasteiger charge is -2.29. The molecule has 1 atom stereocenters. The minimum atomic E-state index is 0.439. The average molecular weight is 398 g/mol. The molecule has 0 aliphatic carbocycles. The van der Waals surface area contributed by atoms with Crippen LogP contribution in [0.3, 0.4) is 0 Å². The van der Waals surface area contributed by atoms with Crippen LogP contribution < -0.4 is 4.90 Å². The van der Waals surface area contributed by atoms with Crippen molar-refractivity contribution in [1.82, 2.24) is 9.88 Å². The standard InChI is InChI=1S/C27H31N3/c1-29-15-5-9-24-18-23(12-14-26(24)29)20-30-16-6-10-27(30)25-13-11-22(19-28-25)17-21-7-3-2-4-8-21/h2-4,7-8,11-14,18-19,27H,5-6,9-10,15-17,20H2,1H3/t27-/m1/s1. The van der Waals surface area contributed by atoms with Crippen molar-refractivity contribution in [2.75, 3.05) is 25.0 Å². The molecule has 0 bridgehead atoms. The van der Waals surface area contributed by atoms with E-state index in [4.69, 9.17) is 4.98 Å². The van der Waals surface area contributed by atoms with Crippen molar-refractivity contribution in [3.05, 3.63) is 94.8 Å². The SMILES string of the molecule is CN1CCCc2cc(CN3CCC[C@@H]3c3ccc(Cc4ccccc4)cn3)ccc21. The van der Waals surface area contributed by atoms with Gasteiger partial charge in [0.2, 0.25) is 0 Å². The molecule has 3 heteroatoms. The lowest BCUT2D eigenvalue weighted by atomic mass is 9.99. The van der Waals surface area contributed by atoms with Crippen LogP contribution in [0, 0.1) is 0 Å². The zero-order valence-corrected chi connectivity index (χ0v) is 17.9. The van der Waals surface area contributed by atoms with Crippen LogP contribution >= 0.6 is 0 Å². The van der Waals surface area contributed by atoms with Crippen LogP contribution in [0.2, 0.25) is 0 Å². The molecule has 1 aromatic heterocycles. The third-order valence-corrected chi connectivity index (χ3v) is 6.68. The van der Waals surface area contributed by atoms with E-state index in [0.29, 0.717) is 6.04 Å².